The largest absolute Gasteiger partial charge is 0.356 e. The van der Waals surface area contributed by atoms with Gasteiger partial charge in [0.15, 0.2) is 0 Å². The highest BCUT2D eigenvalue weighted by Crippen LogP contribution is 2.23. The van der Waals surface area contributed by atoms with Crippen molar-refractivity contribution in [2.24, 2.45) is 5.73 Å². The van der Waals surface area contributed by atoms with Gasteiger partial charge in [-0.25, -0.2) is 4.98 Å². The smallest absolute Gasteiger partial charge is 0.213 e. The van der Waals surface area contributed by atoms with Crippen LogP contribution in [0.2, 0.25) is 0 Å². The summed E-state index contributed by atoms with van der Waals surface area (Å²) in [7, 11) is 0. The maximum Gasteiger partial charge on any atom is 0.213 e. The molecule has 0 spiro atoms. The van der Waals surface area contributed by atoms with Gasteiger partial charge in [0.1, 0.15) is 11.5 Å². The summed E-state index contributed by atoms with van der Waals surface area (Å²) in [6.07, 6.45) is 3.54. The van der Waals surface area contributed by atoms with Crippen LogP contribution in [0.1, 0.15) is 44.4 Å². The Balaban J connectivity index is 0.00000156. The molecular weight excluding hydrogens is 288 g/mol. The molecule has 0 aliphatic carbocycles. The maximum absolute atomic E-state index is 12.7. The lowest BCUT2D eigenvalue weighted by molar-refractivity contribution is 0.103. The first-order valence-corrected chi connectivity index (χ1v) is 7.93. The highest BCUT2D eigenvalue weighted by atomic mass is 16.1. The third kappa shape index (κ3) is 3.40. The molecule has 124 valence electrons. The molecule has 1 saturated heterocycles. The minimum absolute atomic E-state index is 0. The summed E-state index contributed by atoms with van der Waals surface area (Å²) in [5, 5.41) is 0. The van der Waals surface area contributed by atoms with Crippen LogP contribution in [0.4, 0.5) is 5.82 Å². The molecule has 2 N–H and O–H groups in total. The first kappa shape index (κ1) is 15.6. The molecule has 5 nitrogen and oxygen atoms in total. The molecule has 2 aromatic rings. The molecule has 0 bridgehead atoms. The summed E-state index contributed by atoms with van der Waals surface area (Å²) in [6.45, 7) is 5.65. The third-order valence-corrected chi connectivity index (χ3v) is 4.45. The average molecular weight is 314 g/mol. The fourth-order valence-corrected chi connectivity index (χ4v) is 2.83. The minimum atomic E-state index is -0.100. The van der Waals surface area contributed by atoms with Gasteiger partial charge in [-0.05, 0) is 51.0 Å². The highest BCUT2D eigenvalue weighted by Gasteiger charge is 2.26. The zero-order chi connectivity index (χ0) is 16.4. The number of aryl methyl sites for hydroxylation is 1. The highest BCUT2D eigenvalue weighted by molar-refractivity contribution is 6.08. The van der Waals surface area contributed by atoms with Gasteiger partial charge in [-0.15, -0.1) is 0 Å². The van der Waals surface area contributed by atoms with E-state index < -0.39 is 0 Å². The quantitative estimate of drug-likeness (QED) is 0.882. The van der Waals surface area contributed by atoms with E-state index in [2.05, 4.69) is 21.8 Å². The van der Waals surface area contributed by atoms with Crippen LogP contribution in [-0.2, 0) is 0 Å². The number of aromatic nitrogens is 2. The number of hydrogen-bond acceptors (Lipinski definition) is 5. The van der Waals surface area contributed by atoms with Crippen LogP contribution in [-0.4, -0.2) is 34.4 Å². The average Bonchev–Trinajstić information content (AvgIpc) is 2.55. The maximum atomic E-state index is 12.7. The Morgan fingerprint density at radius 2 is 2.00 bits per heavy atom. The van der Waals surface area contributed by atoms with Crippen molar-refractivity contribution in [2.75, 3.05) is 18.0 Å². The number of pyridine rings is 2. The number of rotatable bonds is 3. The first-order chi connectivity index (χ1) is 11.0. The van der Waals surface area contributed by atoms with Gasteiger partial charge in [-0.1, -0.05) is 6.07 Å². The molecule has 2 aromatic heterocycles. The summed E-state index contributed by atoms with van der Waals surface area (Å²) in [5.74, 6) is 0.756. The summed E-state index contributed by atoms with van der Waals surface area (Å²) in [6, 6.07) is 9.16. The monoisotopic (exact) mass is 314 g/mol. The van der Waals surface area contributed by atoms with Crippen LogP contribution in [0.15, 0.2) is 36.5 Å². The number of hydrogen-bond donors (Lipinski definition) is 1. The summed E-state index contributed by atoms with van der Waals surface area (Å²) >= 11 is 0. The molecule has 3 rings (SSSR count). The molecule has 0 atom stereocenters. The molecule has 1 aliphatic heterocycles. The molecule has 0 saturated carbocycles. The lowest BCUT2D eigenvalue weighted by atomic mass is 9.91. The van der Waals surface area contributed by atoms with Gasteiger partial charge in [0, 0.05) is 38.9 Å². The molecule has 0 unspecified atom stereocenters. The Hall–Kier alpha value is -2.27. The molecule has 1 fully saturated rings. The van der Waals surface area contributed by atoms with Crippen LogP contribution >= 0.6 is 0 Å². The van der Waals surface area contributed by atoms with Gasteiger partial charge < -0.3 is 10.6 Å². The van der Waals surface area contributed by atoms with Gasteiger partial charge in [-0.2, -0.15) is 0 Å². The second-order valence-electron chi connectivity index (χ2n) is 6.49. The van der Waals surface area contributed by atoms with Crippen LogP contribution in [0.25, 0.3) is 0 Å². The predicted octanol–water partition coefficient (Wildman–Crippen LogP) is 2.83. The first-order valence-electron chi connectivity index (χ1n) is 7.93. The Morgan fingerprint density at radius 3 is 2.70 bits per heavy atom. The Morgan fingerprint density at radius 1 is 1.26 bits per heavy atom. The van der Waals surface area contributed by atoms with Gasteiger partial charge in [-0.3, -0.25) is 9.78 Å². The second-order valence-corrected chi connectivity index (χ2v) is 6.49. The van der Waals surface area contributed by atoms with E-state index in [9.17, 15) is 4.79 Å². The Bertz CT molecular complexity index is 727. The SMILES string of the molecule is Cc1ncccc1C(=O)c1cccc(N2CCC(C)(N)CC2)n1.[HH].[HH]. The van der Waals surface area contributed by atoms with E-state index in [1.165, 1.54) is 0 Å². The molecule has 1 aliphatic rings. The molecule has 23 heavy (non-hydrogen) atoms. The zero-order valence-corrected chi connectivity index (χ0v) is 13.6. The van der Waals surface area contributed by atoms with Gasteiger partial charge in [0.25, 0.3) is 0 Å². The molecular formula is C18H26N4O. The Kier molecular flexibility index (Phi) is 4.13. The van der Waals surface area contributed by atoms with Crippen molar-refractivity contribution in [3.8, 4) is 0 Å². The van der Waals surface area contributed by atoms with Gasteiger partial charge in [0.05, 0.1) is 0 Å². The standard InChI is InChI=1S/C18H22N4O.2H2/c1-13-14(5-4-10-20-13)17(23)15-6-3-7-16(21-15)22-11-8-18(2,19)9-12-22;;/h3-7,10H,8-9,11-12,19H2,1-2H3;2*1H. The molecule has 0 aromatic carbocycles. The molecule has 3 heterocycles. The Labute approximate surface area is 139 Å². The lowest BCUT2D eigenvalue weighted by Gasteiger charge is -2.37. The fraction of sp³-hybridized carbons (Fsp3) is 0.389. The number of ketones is 1. The number of anilines is 1. The lowest BCUT2D eigenvalue weighted by Crippen LogP contribution is -2.48. The molecule has 0 amide bonds. The topological polar surface area (TPSA) is 72.1 Å². The van der Waals surface area contributed by atoms with E-state index in [1.807, 2.05) is 19.1 Å². The van der Waals surface area contributed by atoms with Crippen LogP contribution in [0.5, 0.6) is 0 Å². The third-order valence-electron chi connectivity index (χ3n) is 4.45. The number of nitrogens with two attached hydrogens (primary N) is 1. The summed E-state index contributed by atoms with van der Waals surface area (Å²) < 4.78 is 0. The van der Waals surface area contributed by atoms with Crippen molar-refractivity contribution in [1.82, 2.24) is 9.97 Å². The normalized spacial score (nSPS) is 17.1. The summed E-state index contributed by atoms with van der Waals surface area (Å²) in [4.78, 5) is 23.6. The number of piperidine rings is 1. The van der Waals surface area contributed by atoms with Crippen molar-refractivity contribution < 1.29 is 7.65 Å². The van der Waals surface area contributed by atoms with E-state index in [1.54, 1.807) is 24.4 Å². The van der Waals surface area contributed by atoms with E-state index in [-0.39, 0.29) is 14.2 Å². The van der Waals surface area contributed by atoms with Crippen LogP contribution in [0.3, 0.4) is 0 Å². The van der Waals surface area contributed by atoms with Crippen LogP contribution in [0, 0.1) is 6.92 Å². The van der Waals surface area contributed by atoms with E-state index in [0.717, 1.165) is 37.4 Å². The van der Waals surface area contributed by atoms with Gasteiger partial charge in [0.2, 0.25) is 5.78 Å². The van der Waals surface area contributed by atoms with E-state index in [0.29, 0.717) is 11.3 Å². The van der Waals surface area contributed by atoms with Crippen molar-refractivity contribution in [3.63, 3.8) is 0 Å². The van der Waals surface area contributed by atoms with Crippen molar-refractivity contribution in [3.05, 3.63) is 53.5 Å². The van der Waals surface area contributed by atoms with Crippen molar-refractivity contribution >= 4 is 11.6 Å². The number of nitrogens with zero attached hydrogens (tertiary/aromatic N) is 3. The molecule has 0 radical (unpaired) electrons. The predicted molar refractivity (Wildman–Crippen MR) is 94.9 cm³/mol. The van der Waals surface area contributed by atoms with Crippen molar-refractivity contribution in [1.29, 1.82) is 0 Å². The zero-order valence-electron chi connectivity index (χ0n) is 13.6. The van der Waals surface area contributed by atoms with E-state index >= 15 is 0 Å². The molecule has 5 heteroatoms. The fourth-order valence-electron chi connectivity index (χ4n) is 2.83. The van der Waals surface area contributed by atoms with Crippen molar-refractivity contribution in [2.45, 2.75) is 32.2 Å². The minimum Gasteiger partial charge on any atom is -0.356 e. The number of carbonyl (C=O) groups is 1. The summed E-state index contributed by atoms with van der Waals surface area (Å²) in [5.41, 5.74) is 7.86. The number of carbonyl (C=O) groups excluding carboxylic acids is 1. The second kappa shape index (κ2) is 6.08. The van der Waals surface area contributed by atoms with E-state index in [4.69, 9.17) is 5.73 Å². The van der Waals surface area contributed by atoms with Gasteiger partial charge >= 0.3 is 0 Å². The van der Waals surface area contributed by atoms with Crippen LogP contribution < -0.4 is 10.6 Å².